The molecule has 7 atom stereocenters. The molecule has 0 fully saturated rings. The number of carbonyl (C=O) groups excluding carboxylic acids is 9. The van der Waals surface area contributed by atoms with Gasteiger partial charge in [-0.25, -0.2) is 24.2 Å². The van der Waals surface area contributed by atoms with Gasteiger partial charge in [0.1, 0.15) is 31.9 Å². The maximum Gasteiger partial charge on any atom is 0.416 e. The van der Waals surface area contributed by atoms with Crippen LogP contribution >= 0.6 is 0 Å². The van der Waals surface area contributed by atoms with Crippen molar-refractivity contribution in [3.05, 3.63) is 119 Å². The Kier molecular flexibility index (Phi) is 26.3. The van der Waals surface area contributed by atoms with Crippen molar-refractivity contribution in [1.29, 1.82) is 0 Å². The number of rotatable bonds is 30. The molecule has 8 rings (SSSR count). The fourth-order valence-corrected chi connectivity index (χ4v) is 11.5. The summed E-state index contributed by atoms with van der Waals surface area (Å²) in [4.78, 5) is 125. The Balaban J connectivity index is 0.849. The number of hydrogen-bond donors (Lipinski definition) is 8. The second-order valence-electron chi connectivity index (χ2n) is 25.9. The Hall–Kier alpha value is -9.97. The van der Waals surface area contributed by atoms with E-state index in [4.69, 9.17) is 43.6 Å². The van der Waals surface area contributed by atoms with Gasteiger partial charge in [0.05, 0.1) is 81.3 Å². The highest BCUT2D eigenvalue weighted by atomic mass is 16.6. The molecule has 0 radical (unpaired) electrons. The largest absolute Gasteiger partial charge is 0.493 e. The molecule has 540 valence electrons. The second kappa shape index (κ2) is 34.7. The molecule has 2 unspecified atom stereocenters. The number of aliphatic hydroxyl groups is 2. The van der Waals surface area contributed by atoms with E-state index in [-0.39, 0.29) is 141 Å². The average molecular weight is 1390 g/mol. The number of ether oxygens (including phenoxy) is 8. The van der Waals surface area contributed by atoms with Gasteiger partial charge in [0.25, 0.3) is 11.8 Å². The third kappa shape index (κ3) is 19.1. The lowest BCUT2D eigenvalue weighted by Gasteiger charge is -2.31. The molecule has 4 aliphatic heterocycles. The van der Waals surface area contributed by atoms with Crippen LogP contribution in [-0.4, -0.2) is 170 Å². The highest BCUT2D eigenvalue weighted by Gasteiger charge is 2.47. The number of carbonyl (C=O) groups is 9. The first-order valence-corrected chi connectivity index (χ1v) is 33.3. The zero-order valence-corrected chi connectivity index (χ0v) is 58.2. The number of amides is 9. The Morgan fingerprint density at radius 3 is 1.48 bits per heavy atom. The maximum atomic E-state index is 14.3. The van der Waals surface area contributed by atoms with Crippen molar-refractivity contribution in [2.75, 3.05) is 67.7 Å². The van der Waals surface area contributed by atoms with Gasteiger partial charge in [-0.05, 0) is 126 Å². The number of nitrogens with two attached hydrogens (primary N) is 1. The molecule has 4 aromatic rings. The number of unbranched alkanes of at least 4 members (excludes halogenated alkanes) is 2. The van der Waals surface area contributed by atoms with E-state index in [1.54, 1.807) is 81.7 Å². The quantitative estimate of drug-likeness (QED) is 0.0184. The van der Waals surface area contributed by atoms with Crippen molar-refractivity contribution in [1.82, 2.24) is 25.8 Å². The molecule has 0 saturated carbocycles. The summed E-state index contributed by atoms with van der Waals surface area (Å²) in [6.45, 7) is 15.8. The van der Waals surface area contributed by atoms with E-state index >= 15 is 0 Å². The fourth-order valence-electron chi connectivity index (χ4n) is 11.5. The van der Waals surface area contributed by atoms with Crippen LogP contribution in [0.5, 0.6) is 23.0 Å². The summed E-state index contributed by atoms with van der Waals surface area (Å²) >= 11 is 0. The standard InChI is InChI=1S/C71H92N10O19/c1-39(2)60(72)63(84)74-44(9)62(83)75-47-19-15-45(16-20-47)37-99-70(91)80-51-33-57(55(93-10)31-49(51)65(86)78-35-42(7)29-53(78)67(80)88)96-24-13-12-14-25-97-58-34-52-50(32-56(58)94-11)66(87)79-36-43(8)30-54(79)68(89)81(52)71(92)100-38-46-17-21-48(22-18-46)76-69(90)98-28-27-95-26-23-59(82)77-61(40(3)4)64(85)73-41(5)6/h15-22,31-36,39-41,44,53-54,60-61,67-68,88-89H,12-14,23-30,37-38,72H2,1-11H3,(H,73,85)(H,74,84)(H,75,83)(H,76,90)(H,77,82)/t44?,53-,54+,60?,61+,67-,68+/m0/s1. The van der Waals surface area contributed by atoms with E-state index in [0.717, 1.165) is 20.9 Å². The van der Waals surface area contributed by atoms with E-state index in [1.807, 2.05) is 41.5 Å². The van der Waals surface area contributed by atoms with Crippen molar-refractivity contribution in [2.45, 2.75) is 163 Å². The molecule has 9 N–H and O–H groups in total. The summed E-state index contributed by atoms with van der Waals surface area (Å²) in [5, 5.41) is 37.4. The molecule has 29 heteroatoms. The van der Waals surface area contributed by atoms with Gasteiger partial charge in [-0.2, -0.15) is 0 Å². The van der Waals surface area contributed by atoms with E-state index in [2.05, 4.69) is 26.6 Å². The highest BCUT2D eigenvalue weighted by molar-refractivity contribution is 6.08. The molecule has 0 aromatic heterocycles. The predicted molar refractivity (Wildman–Crippen MR) is 367 cm³/mol. The van der Waals surface area contributed by atoms with Gasteiger partial charge in [0.2, 0.25) is 23.6 Å². The van der Waals surface area contributed by atoms with Crippen LogP contribution in [0.2, 0.25) is 0 Å². The van der Waals surface area contributed by atoms with Crippen LogP contribution in [0.15, 0.2) is 96.3 Å². The van der Waals surface area contributed by atoms with Crippen molar-refractivity contribution < 1.29 is 91.3 Å². The predicted octanol–water partition coefficient (Wildman–Crippen LogP) is 7.57. The summed E-state index contributed by atoms with van der Waals surface area (Å²) in [6, 6.07) is 14.6. The van der Waals surface area contributed by atoms with Gasteiger partial charge in [-0.1, -0.05) is 63.1 Å². The van der Waals surface area contributed by atoms with Crippen LogP contribution in [0.3, 0.4) is 0 Å². The van der Waals surface area contributed by atoms with Crippen LogP contribution in [0.25, 0.3) is 0 Å². The molecule has 4 heterocycles. The first-order valence-electron chi connectivity index (χ1n) is 33.3. The van der Waals surface area contributed by atoms with Crippen molar-refractivity contribution >= 4 is 76.5 Å². The lowest BCUT2D eigenvalue weighted by molar-refractivity contribution is -0.130. The molecule has 9 amide bonds. The average Bonchev–Trinajstić information content (AvgIpc) is 1.58. The van der Waals surface area contributed by atoms with Crippen LogP contribution in [-0.2, 0) is 51.3 Å². The SMILES string of the molecule is COc1cc2c(cc1OCCCCCOc1cc3c(cc1OC)C(=O)N1C=C(C)C[C@H]1[C@H](O)N3C(=O)OCc1ccc(NC(=O)C(C)NC(=O)C(N)C(C)C)cc1)N(C(=O)OCc1ccc(NC(=O)OCCOCCC(=O)N[C@@H](C(=O)NC(C)C)C(C)C)cc1)[C@H](O)[C@H]1CC(C)=CN1C2=O. The molecule has 4 aromatic carbocycles. The molecular formula is C71H92N10O19. The molecule has 4 aliphatic rings. The number of fused-ring (bicyclic) bond motifs is 4. The lowest BCUT2D eigenvalue weighted by atomic mass is 10.0. The van der Waals surface area contributed by atoms with Gasteiger partial charge >= 0.3 is 18.3 Å². The maximum absolute atomic E-state index is 14.3. The second-order valence-corrected chi connectivity index (χ2v) is 25.9. The van der Waals surface area contributed by atoms with E-state index in [9.17, 15) is 53.4 Å². The molecule has 0 bridgehead atoms. The van der Waals surface area contributed by atoms with Gasteiger partial charge in [-0.3, -0.25) is 34.1 Å². The summed E-state index contributed by atoms with van der Waals surface area (Å²) in [5.74, 6) is -2.03. The molecule has 100 heavy (non-hydrogen) atoms. The number of nitrogens with zero attached hydrogens (tertiary/aromatic N) is 4. The van der Waals surface area contributed by atoms with Crippen LogP contribution in [0.4, 0.5) is 37.1 Å². The Morgan fingerprint density at radius 1 is 0.550 bits per heavy atom. The number of aliphatic hydroxyl groups excluding tert-OH is 2. The number of nitrogens with one attached hydrogen (secondary N) is 5. The molecule has 29 nitrogen and oxygen atoms in total. The molecule has 0 aliphatic carbocycles. The van der Waals surface area contributed by atoms with Gasteiger partial charge in [0.15, 0.2) is 35.5 Å². The van der Waals surface area contributed by atoms with Gasteiger partial charge < -0.3 is 84.9 Å². The van der Waals surface area contributed by atoms with Crippen LogP contribution in [0, 0.1) is 11.8 Å². The zero-order valence-electron chi connectivity index (χ0n) is 58.2. The zero-order chi connectivity index (χ0) is 72.6. The normalized spacial score (nSPS) is 17.8. The third-order valence-corrected chi connectivity index (χ3v) is 17.0. The Morgan fingerprint density at radius 2 is 1.03 bits per heavy atom. The summed E-state index contributed by atoms with van der Waals surface area (Å²) in [5.41, 5.74) is 9.53. The molecule has 0 spiro atoms. The summed E-state index contributed by atoms with van der Waals surface area (Å²) in [6.07, 6.45) is -0.468. The van der Waals surface area contributed by atoms with Crippen molar-refractivity contribution in [3.8, 4) is 23.0 Å². The van der Waals surface area contributed by atoms with Crippen molar-refractivity contribution in [2.24, 2.45) is 17.6 Å². The number of anilines is 4. The first-order chi connectivity index (χ1) is 47.7. The Bertz CT molecular complexity index is 3690. The summed E-state index contributed by atoms with van der Waals surface area (Å²) < 4.78 is 46.2. The van der Waals surface area contributed by atoms with Crippen LogP contribution < -0.4 is 61.1 Å². The van der Waals surface area contributed by atoms with Gasteiger partial charge in [-0.15, -0.1) is 0 Å². The minimum Gasteiger partial charge on any atom is -0.493 e. The minimum absolute atomic E-state index is 0.00204. The number of benzene rings is 4. The van der Waals surface area contributed by atoms with E-state index < -0.39 is 84.6 Å². The Labute approximate surface area is 580 Å². The number of hydrogen-bond acceptors (Lipinski definition) is 20. The molecular weight excluding hydrogens is 1300 g/mol. The van der Waals surface area contributed by atoms with Gasteiger partial charge in [0, 0.05) is 48.4 Å². The van der Waals surface area contributed by atoms with Crippen LogP contribution in [0.1, 0.15) is 133 Å². The number of methoxy groups -OCH3 is 2. The first kappa shape index (κ1) is 75.8. The smallest absolute Gasteiger partial charge is 0.416 e. The summed E-state index contributed by atoms with van der Waals surface area (Å²) in [7, 11) is 2.82. The van der Waals surface area contributed by atoms with Crippen molar-refractivity contribution in [3.63, 3.8) is 0 Å². The molecule has 0 saturated heterocycles. The third-order valence-electron chi connectivity index (χ3n) is 17.0. The minimum atomic E-state index is -1.56. The monoisotopic (exact) mass is 1390 g/mol. The van der Waals surface area contributed by atoms with E-state index in [0.29, 0.717) is 41.8 Å². The fraction of sp³-hybridized carbons (Fsp3) is 0.479. The van der Waals surface area contributed by atoms with E-state index in [1.165, 1.54) is 48.3 Å². The topological polar surface area (TPSA) is 367 Å². The highest BCUT2D eigenvalue weighted by Crippen LogP contribution is 2.44. The lowest BCUT2D eigenvalue weighted by Crippen LogP contribution is -2.51.